The molecule has 0 fully saturated rings. The first-order valence-corrected chi connectivity index (χ1v) is 5.71. The van der Waals surface area contributed by atoms with Crippen LogP contribution in [0.15, 0.2) is 24.3 Å². The third-order valence-corrected chi connectivity index (χ3v) is 2.44. The number of nitrogens with one attached hydrogen (secondary N) is 1. The molecule has 90 valence electrons. The molecule has 0 aromatic heterocycles. The Morgan fingerprint density at radius 3 is 2.35 bits per heavy atom. The summed E-state index contributed by atoms with van der Waals surface area (Å²) in [5.41, 5.74) is 1.38. The molecule has 0 heterocycles. The monoisotopic (exact) mass is 230 g/mol. The predicted octanol–water partition coefficient (Wildman–Crippen LogP) is 2.72. The Labute approximate surface area is 102 Å². The summed E-state index contributed by atoms with van der Waals surface area (Å²) in [5, 5.41) is 11.5. The van der Waals surface area contributed by atoms with Crippen molar-refractivity contribution in [1.29, 1.82) is 5.26 Å². The Balaban J connectivity index is 2.50. The Bertz CT molecular complexity index is 421. The van der Waals surface area contributed by atoms with Crippen molar-refractivity contribution < 1.29 is 4.79 Å². The van der Waals surface area contributed by atoms with Crippen LogP contribution in [-0.4, -0.2) is 12.5 Å². The van der Waals surface area contributed by atoms with Crippen molar-refractivity contribution in [3.8, 4) is 6.07 Å². The zero-order valence-corrected chi connectivity index (χ0v) is 10.6. The molecule has 3 nitrogen and oxygen atoms in total. The lowest BCUT2D eigenvalue weighted by molar-refractivity contribution is 0.0949. The quantitative estimate of drug-likeness (QED) is 0.868. The average Bonchev–Trinajstić information content (AvgIpc) is 2.27. The lowest BCUT2D eigenvalue weighted by Gasteiger charge is -2.17. The molecule has 1 aromatic rings. The molecular weight excluding hydrogens is 212 g/mol. The van der Waals surface area contributed by atoms with E-state index in [4.69, 9.17) is 5.26 Å². The van der Waals surface area contributed by atoms with Gasteiger partial charge in [-0.3, -0.25) is 4.79 Å². The molecule has 0 saturated heterocycles. The van der Waals surface area contributed by atoms with Gasteiger partial charge in [-0.2, -0.15) is 5.26 Å². The molecule has 0 atom stereocenters. The molecule has 0 aliphatic rings. The minimum Gasteiger partial charge on any atom is -0.352 e. The van der Waals surface area contributed by atoms with Gasteiger partial charge in [0.05, 0.1) is 11.6 Å². The van der Waals surface area contributed by atoms with Gasteiger partial charge in [-0.1, -0.05) is 20.8 Å². The molecule has 0 saturated carbocycles. The topological polar surface area (TPSA) is 52.9 Å². The molecule has 17 heavy (non-hydrogen) atoms. The molecule has 3 heteroatoms. The van der Waals surface area contributed by atoms with Gasteiger partial charge in [-0.05, 0) is 36.1 Å². The number of hydrogen-bond donors (Lipinski definition) is 1. The van der Waals surface area contributed by atoms with E-state index >= 15 is 0 Å². The number of hydrogen-bond acceptors (Lipinski definition) is 2. The maximum absolute atomic E-state index is 11.7. The van der Waals surface area contributed by atoms with Gasteiger partial charge in [-0.15, -0.1) is 0 Å². The summed E-state index contributed by atoms with van der Waals surface area (Å²) < 4.78 is 0. The second kappa shape index (κ2) is 5.49. The smallest absolute Gasteiger partial charge is 0.251 e. The van der Waals surface area contributed by atoms with Gasteiger partial charge in [0.15, 0.2) is 0 Å². The fourth-order valence-corrected chi connectivity index (χ4v) is 1.35. The fraction of sp³-hybridized carbons (Fsp3) is 0.429. The van der Waals surface area contributed by atoms with Crippen LogP contribution in [0.5, 0.6) is 0 Å². The van der Waals surface area contributed by atoms with Crippen LogP contribution in [-0.2, 0) is 0 Å². The highest BCUT2D eigenvalue weighted by atomic mass is 16.1. The van der Waals surface area contributed by atoms with E-state index in [0.717, 1.165) is 6.42 Å². The number of amides is 1. The van der Waals surface area contributed by atoms with E-state index in [9.17, 15) is 4.79 Å². The van der Waals surface area contributed by atoms with Gasteiger partial charge in [0.25, 0.3) is 5.91 Å². The molecule has 1 N–H and O–H groups in total. The molecule has 0 aliphatic heterocycles. The van der Waals surface area contributed by atoms with Crippen molar-refractivity contribution in [2.24, 2.45) is 5.41 Å². The molecule has 0 spiro atoms. The third-order valence-electron chi connectivity index (χ3n) is 2.44. The van der Waals surface area contributed by atoms with Crippen molar-refractivity contribution >= 4 is 5.91 Å². The van der Waals surface area contributed by atoms with E-state index in [-0.39, 0.29) is 11.3 Å². The molecule has 1 amide bonds. The maximum Gasteiger partial charge on any atom is 0.251 e. The first-order chi connectivity index (χ1) is 7.92. The molecule has 0 aliphatic carbocycles. The van der Waals surface area contributed by atoms with Crippen molar-refractivity contribution in [2.45, 2.75) is 27.2 Å². The van der Waals surface area contributed by atoms with E-state index in [1.807, 2.05) is 6.07 Å². The van der Waals surface area contributed by atoms with Gasteiger partial charge < -0.3 is 5.32 Å². The van der Waals surface area contributed by atoms with Crippen LogP contribution in [0.3, 0.4) is 0 Å². The minimum absolute atomic E-state index is 0.0845. The van der Waals surface area contributed by atoms with Crippen LogP contribution in [0, 0.1) is 16.7 Å². The van der Waals surface area contributed by atoms with Gasteiger partial charge in [-0.25, -0.2) is 0 Å². The first-order valence-electron chi connectivity index (χ1n) is 5.71. The number of benzene rings is 1. The molecule has 0 unspecified atom stereocenters. The summed E-state index contributed by atoms with van der Waals surface area (Å²) in [6.07, 6.45) is 0.940. The Morgan fingerprint density at radius 2 is 1.88 bits per heavy atom. The zero-order chi connectivity index (χ0) is 12.9. The van der Waals surface area contributed by atoms with Gasteiger partial charge in [0.1, 0.15) is 0 Å². The van der Waals surface area contributed by atoms with Crippen LogP contribution in [0.1, 0.15) is 43.1 Å². The normalized spacial score (nSPS) is 10.7. The molecule has 1 rings (SSSR count). The zero-order valence-electron chi connectivity index (χ0n) is 10.6. The highest BCUT2D eigenvalue weighted by Gasteiger charge is 2.11. The standard InChI is InChI=1S/C14H18N2O/c1-14(2,3)8-9-16-13(17)12-6-4-11(10-15)5-7-12/h4-7H,8-9H2,1-3H3,(H,16,17). The first kappa shape index (κ1) is 13.2. The minimum atomic E-state index is -0.0845. The highest BCUT2D eigenvalue weighted by Crippen LogP contribution is 2.17. The number of rotatable bonds is 3. The molecule has 0 bridgehead atoms. The van der Waals surface area contributed by atoms with Gasteiger partial charge in [0, 0.05) is 12.1 Å². The summed E-state index contributed by atoms with van der Waals surface area (Å²) in [5.74, 6) is -0.0845. The van der Waals surface area contributed by atoms with Crippen LogP contribution in [0.4, 0.5) is 0 Å². The lowest BCUT2D eigenvalue weighted by atomic mass is 9.92. The van der Waals surface area contributed by atoms with Crippen molar-refractivity contribution in [2.75, 3.05) is 6.54 Å². The summed E-state index contributed by atoms with van der Waals surface area (Å²) in [4.78, 5) is 11.7. The van der Waals surface area contributed by atoms with E-state index in [2.05, 4.69) is 26.1 Å². The van der Waals surface area contributed by atoms with E-state index in [1.54, 1.807) is 24.3 Å². The van der Waals surface area contributed by atoms with E-state index in [1.165, 1.54) is 0 Å². The largest absolute Gasteiger partial charge is 0.352 e. The van der Waals surface area contributed by atoms with Crippen LogP contribution in [0.2, 0.25) is 0 Å². The third kappa shape index (κ3) is 4.69. The van der Waals surface area contributed by atoms with Crippen molar-refractivity contribution in [3.05, 3.63) is 35.4 Å². The van der Waals surface area contributed by atoms with Crippen LogP contribution < -0.4 is 5.32 Å². The summed E-state index contributed by atoms with van der Waals surface area (Å²) in [6, 6.07) is 8.67. The lowest BCUT2D eigenvalue weighted by Crippen LogP contribution is -2.27. The number of carbonyl (C=O) groups is 1. The SMILES string of the molecule is CC(C)(C)CCNC(=O)c1ccc(C#N)cc1. The highest BCUT2D eigenvalue weighted by molar-refractivity contribution is 5.94. The summed E-state index contributed by atoms with van der Waals surface area (Å²) in [6.45, 7) is 7.09. The van der Waals surface area contributed by atoms with E-state index < -0.39 is 0 Å². The van der Waals surface area contributed by atoms with Crippen molar-refractivity contribution in [1.82, 2.24) is 5.32 Å². The Morgan fingerprint density at radius 1 is 1.29 bits per heavy atom. The predicted molar refractivity (Wildman–Crippen MR) is 67.6 cm³/mol. The van der Waals surface area contributed by atoms with Crippen LogP contribution in [0.25, 0.3) is 0 Å². The summed E-state index contributed by atoms with van der Waals surface area (Å²) in [7, 11) is 0. The van der Waals surface area contributed by atoms with Gasteiger partial charge in [0.2, 0.25) is 0 Å². The average molecular weight is 230 g/mol. The molecule has 0 radical (unpaired) electrons. The molecular formula is C14H18N2O. The fourth-order valence-electron chi connectivity index (χ4n) is 1.35. The number of nitriles is 1. The number of nitrogens with zero attached hydrogens (tertiary/aromatic N) is 1. The Hall–Kier alpha value is -1.82. The maximum atomic E-state index is 11.7. The second-order valence-electron chi connectivity index (χ2n) is 5.26. The summed E-state index contributed by atoms with van der Waals surface area (Å²) >= 11 is 0. The number of carbonyl (C=O) groups excluding carboxylic acids is 1. The molecule has 1 aromatic carbocycles. The Kier molecular flexibility index (Phi) is 4.28. The second-order valence-corrected chi connectivity index (χ2v) is 5.26. The van der Waals surface area contributed by atoms with Crippen LogP contribution >= 0.6 is 0 Å². The van der Waals surface area contributed by atoms with Crippen molar-refractivity contribution in [3.63, 3.8) is 0 Å². The van der Waals surface area contributed by atoms with E-state index in [0.29, 0.717) is 17.7 Å². The van der Waals surface area contributed by atoms with Gasteiger partial charge >= 0.3 is 0 Å².